The molecule has 4 rings (SSSR count). The maximum atomic E-state index is 12.9. The van der Waals surface area contributed by atoms with Crippen LogP contribution in [-0.2, 0) is 24.8 Å². The van der Waals surface area contributed by atoms with Gasteiger partial charge in [-0.05, 0) is 24.3 Å². The zero-order valence-electron chi connectivity index (χ0n) is 16.2. The minimum Gasteiger partial charge on any atom is -0.383 e. The van der Waals surface area contributed by atoms with Crippen molar-refractivity contribution in [3.8, 4) is 0 Å². The summed E-state index contributed by atoms with van der Waals surface area (Å²) in [7, 11) is 3.71. The van der Waals surface area contributed by atoms with Crippen molar-refractivity contribution in [2.24, 2.45) is 7.05 Å². The number of benzene rings is 1. The largest absolute Gasteiger partial charge is 0.383 e. The van der Waals surface area contributed by atoms with Crippen molar-refractivity contribution in [3.05, 3.63) is 66.1 Å². The fourth-order valence-electron chi connectivity index (χ4n) is 3.71. The fraction of sp³-hybridized carbons (Fsp3) is 0.273. The van der Waals surface area contributed by atoms with Gasteiger partial charge in [-0.3, -0.25) is 9.78 Å². The lowest BCUT2D eigenvalue weighted by Gasteiger charge is -2.11. The third-order valence-corrected chi connectivity index (χ3v) is 5.10. The van der Waals surface area contributed by atoms with Crippen LogP contribution in [0.2, 0.25) is 0 Å². The van der Waals surface area contributed by atoms with E-state index in [-0.39, 0.29) is 5.91 Å². The van der Waals surface area contributed by atoms with Crippen LogP contribution in [0.4, 0.5) is 0 Å². The highest BCUT2D eigenvalue weighted by Gasteiger charge is 2.20. The van der Waals surface area contributed by atoms with Crippen molar-refractivity contribution in [2.75, 3.05) is 20.3 Å². The van der Waals surface area contributed by atoms with Gasteiger partial charge < -0.3 is 19.2 Å². The van der Waals surface area contributed by atoms with Gasteiger partial charge in [0.05, 0.1) is 23.2 Å². The van der Waals surface area contributed by atoms with Gasteiger partial charge in [-0.25, -0.2) is 0 Å². The lowest BCUT2D eigenvalue weighted by molar-refractivity contribution is 0.0942. The maximum absolute atomic E-state index is 12.9. The van der Waals surface area contributed by atoms with E-state index in [1.54, 1.807) is 13.3 Å². The Morgan fingerprint density at radius 1 is 1.14 bits per heavy atom. The molecule has 0 unspecified atom stereocenters. The van der Waals surface area contributed by atoms with Gasteiger partial charge in [-0.1, -0.05) is 24.3 Å². The smallest absolute Gasteiger partial charge is 0.268 e. The Morgan fingerprint density at radius 3 is 2.75 bits per heavy atom. The standard InChI is InChI=1S/C22H24N4O2/c1-25-18-9-4-3-8-17(18)21-19(25)15-20(26(21)13-14-28-2)22(27)24-12-10-16-7-5-6-11-23-16/h3-9,11,15H,10,12-14H2,1-2H3,(H,24,27). The number of aryl methyl sites for hydroxylation is 1. The summed E-state index contributed by atoms with van der Waals surface area (Å²) in [6.07, 6.45) is 2.47. The van der Waals surface area contributed by atoms with Crippen LogP contribution in [0, 0.1) is 0 Å². The van der Waals surface area contributed by atoms with Crippen LogP contribution in [0.3, 0.4) is 0 Å². The van der Waals surface area contributed by atoms with Gasteiger partial charge in [0.25, 0.3) is 5.91 Å². The number of amides is 1. The molecule has 1 aromatic carbocycles. The summed E-state index contributed by atoms with van der Waals surface area (Å²) in [4.78, 5) is 17.2. The number of hydrogen-bond acceptors (Lipinski definition) is 3. The molecule has 28 heavy (non-hydrogen) atoms. The van der Waals surface area contributed by atoms with Crippen LogP contribution < -0.4 is 5.32 Å². The van der Waals surface area contributed by atoms with E-state index in [9.17, 15) is 4.79 Å². The van der Waals surface area contributed by atoms with Gasteiger partial charge in [0.1, 0.15) is 5.69 Å². The molecule has 0 spiro atoms. The summed E-state index contributed by atoms with van der Waals surface area (Å²) in [6.45, 7) is 1.71. The molecule has 144 valence electrons. The summed E-state index contributed by atoms with van der Waals surface area (Å²) in [5.74, 6) is -0.0766. The van der Waals surface area contributed by atoms with E-state index in [4.69, 9.17) is 4.74 Å². The molecule has 0 atom stereocenters. The third kappa shape index (κ3) is 3.27. The third-order valence-electron chi connectivity index (χ3n) is 5.10. The summed E-state index contributed by atoms with van der Waals surface area (Å²) < 4.78 is 9.49. The Balaban J connectivity index is 1.65. The molecular formula is C22H24N4O2. The van der Waals surface area contributed by atoms with Gasteiger partial charge in [0.15, 0.2) is 0 Å². The first-order valence-corrected chi connectivity index (χ1v) is 9.44. The number of carbonyl (C=O) groups excluding carboxylic acids is 1. The van der Waals surface area contributed by atoms with E-state index in [0.717, 1.165) is 27.6 Å². The molecule has 0 radical (unpaired) electrons. The Bertz CT molecular complexity index is 1110. The van der Waals surface area contributed by atoms with Crippen molar-refractivity contribution in [2.45, 2.75) is 13.0 Å². The van der Waals surface area contributed by atoms with E-state index < -0.39 is 0 Å². The lowest BCUT2D eigenvalue weighted by atomic mass is 10.2. The van der Waals surface area contributed by atoms with Crippen LogP contribution in [0.5, 0.6) is 0 Å². The predicted octanol–water partition coefficient (Wildman–Crippen LogP) is 3.15. The van der Waals surface area contributed by atoms with E-state index >= 15 is 0 Å². The topological polar surface area (TPSA) is 61.1 Å². The van der Waals surface area contributed by atoms with Gasteiger partial charge in [0.2, 0.25) is 0 Å². The highest BCUT2D eigenvalue weighted by atomic mass is 16.5. The second-order valence-corrected chi connectivity index (χ2v) is 6.81. The first kappa shape index (κ1) is 18.3. The molecule has 0 saturated carbocycles. The Kier molecular flexibility index (Phi) is 5.12. The van der Waals surface area contributed by atoms with Crippen molar-refractivity contribution in [1.29, 1.82) is 0 Å². The SMILES string of the molecule is COCCn1c(C(=O)NCCc2ccccn2)cc2c1c1ccccc1n2C. The first-order chi connectivity index (χ1) is 13.7. The molecule has 1 amide bonds. The molecule has 6 nitrogen and oxygen atoms in total. The van der Waals surface area contributed by atoms with E-state index in [1.165, 1.54) is 0 Å². The molecular weight excluding hydrogens is 352 g/mol. The minimum atomic E-state index is -0.0766. The molecule has 0 aliphatic rings. The van der Waals surface area contributed by atoms with Crippen molar-refractivity contribution in [1.82, 2.24) is 19.4 Å². The number of hydrogen-bond donors (Lipinski definition) is 1. The lowest BCUT2D eigenvalue weighted by Crippen LogP contribution is -2.28. The van der Waals surface area contributed by atoms with E-state index in [2.05, 4.69) is 31.6 Å². The molecule has 6 heteroatoms. The summed E-state index contributed by atoms with van der Waals surface area (Å²) in [5, 5.41) is 4.17. The molecule has 3 aromatic heterocycles. The molecule has 1 N–H and O–H groups in total. The fourth-order valence-corrected chi connectivity index (χ4v) is 3.71. The zero-order valence-corrected chi connectivity index (χ0v) is 16.2. The van der Waals surface area contributed by atoms with Crippen molar-refractivity contribution >= 4 is 27.8 Å². The normalized spacial score (nSPS) is 11.4. The van der Waals surface area contributed by atoms with Crippen LogP contribution in [0.25, 0.3) is 21.9 Å². The quantitative estimate of drug-likeness (QED) is 0.539. The molecule has 0 bridgehead atoms. The number of nitrogens with zero attached hydrogens (tertiary/aromatic N) is 3. The molecule has 0 aliphatic carbocycles. The highest BCUT2D eigenvalue weighted by Crippen LogP contribution is 2.31. The maximum Gasteiger partial charge on any atom is 0.268 e. The number of aromatic nitrogens is 3. The Hall–Kier alpha value is -3.12. The predicted molar refractivity (Wildman–Crippen MR) is 111 cm³/mol. The number of ether oxygens (including phenoxy) is 1. The average molecular weight is 376 g/mol. The first-order valence-electron chi connectivity index (χ1n) is 9.44. The Morgan fingerprint density at radius 2 is 1.96 bits per heavy atom. The molecule has 4 aromatic rings. The minimum absolute atomic E-state index is 0.0766. The number of rotatable bonds is 7. The monoisotopic (exact) mass is 376 g/mol. The highest BCUT2D eigenvalue weighted by molar-refractivity contribution is 6.10. The van der Waals surface area contributed by atoms with Crippen LogP contribution in [0.15, 0.2) is 54.7 Å². The zero-order chi connectivity index (χ0) is 19.5. The number of pyridine rings is 1. The Labute approximate surface area is 163 Å². The molecule has 0 saturated heterocycles. The second-order valence-electron chi connectivity index (χ2n) is 6.81. The van der Waals surface area contributed by atoms with E-state index in [1.807, 2.05) is 43.4 Å². The summed E-state index contributed by atoms with van der Waals surface area (Å²) in [5.41, 5.74) is 4.90. The van der Waals surface area contributed by atoms with Gasteiger partial charge >= 0.3 is 0 Å². The van der Waals surface area contributed by atoms with Gasteiger partial charge in [-0.2, -0.15) is 0 Å². The van der Waals surface area contributed by atoms with Crippen LogP contribution in [-0.4, -0.2) is 40.3 Å². The van der Waals surface area contributed by atoms with Crippen molar-refractivity contribution in [3.63, 3.8) is 0 Å². The number of carbonyl (C=O) groups is 1. The number of nitrogens with one attached hydrogen (secondary N) is 1. The number of methoxy groups -OCH3 is 1. The summed E-state index contributed by atoms with van der Waals surface area (Å²) in [6, 6.07) is 16.0. The molecule has 0 aliphatic heterocycles. The average Bonchev–Trinajstić information content (AvgIpc) is 3.23. The molecule has 3 heterocycles. The molecule has 0 fully saturated rings. The van der Waals surface area contributed by atoms with Crippen LogP contribution in [0.1, 0.15) is 16.2 Å². The van der Waals surface area contributed by atoms with Gasteiger partial charge in [0, 0.05) is 50.9 Å². The number of fused-ring (bicyclic) bond motifs is 3. The van der Waals surface area contributed by atoms with Gasteiger partial charge in [-0.15, -0.1) is 0 Å². The van der Waals surface area contributed by atoms with E-state index in [0.29, 0.717) is 31.8 Å². The number of para-hydroxylation sites is 1. The van der Waals surface area contributed by atoms with Crippen LogP contribution >= 0.6 is 0 Å². The summed E-state index contributed by atoms with van der Waals surface area (Å²) >= 11 is 0. The van der Waals surface area contributed by atoms with Crippen molar-refractivity contribution < 1.29 is 9.53 Å². The second kappa shape index (κ2) is 7.86.